The number of benzene rings is 1. The standard InChI is InChI=1S/C11H12FN3S/c1-2-5-14-11(16)15-10-4-3-8(7-13)6-9(10)12/h3-4,6H,2,5H2,1H3,(H2,14,15,16). The van der Waals surface area contributed by atoms with Crippen molar-refractivity contribution < 1.29 is 4.39 Å². The van der Waals surface area contributed by atoms with Gasteiger partial charge in [-0.25, -0.2) is 4.39 Å². The van der Waals surface area contributed by atoms with Crippen molar-refractivity contribution in [2.75, 3.05) is 11.9 Å². The van der Waals surface area contributed by atoms with Crippen molar-refractivity contribution in [1.82, 2.24) is 5.32 Å². The van der Waals surface area contributed by atoms with Gasteiger partial charge in [-0.15, -0.1) is 0 Å². The average molecular weight is 237 g/mol. The van der Waals surface area contributed by atoms with Gasteiger partial charge in [0.05, 0.1) is 17.3 Å². The Morgan fingerprint density at radius 3 is 2.88 bits per heavy atom. The molecule has 2 N–H and O–H groups in total. The molecular weight excluding hydrogens is 225 g/mol. The summed E-state index contributed by atoms with van der Waals surface area (Å²) in [5.74, 6) is -0.486. The van der Waals surface area contributed by atoms with Crippen LogP contribution in [0.1, 0.15) is 18.9 Å². The van der Waals surface area contributed by atoms with Crippen molar-refractivity contribution in [3.05, 3.63) is 29.6 Å². The highest BCUT2D eigenvalue weighted by molar-refractivity contribution is 7.80. The van der Waals surface area contributed by atoms with E-state index in [9.17, 15) is 4.39 Å². The number of nitriles is 1. The van der Waals surface area contributed by atoms with Crippen LogP contribution in [0.25, 0.3) is 0 Å². The Hall–Kier alpha value is -1.67. The molecule has 0 aliphatic carbocycles. The quantitative estimate of drug-likeness (QED) is 0.792. The SMILES string of the molecule is CCCNC(=S)Nc1ccc(C#N)cc1F. The Balaban J connectivity index is 2.68. The molecule has 0 bridgehead atoms. The minimum absolute atomic E-state index is 0.271. The van der Waals surface area contributed by atoms with E-state index in [4.69, 9.17) is 17.5 Å². The normalized spacial score (nSPS) is 9.31. The molecule has 3 nitrogen and oxygen atoms in total. The fraction of sp³-hybridized carbons (Fsp3) is 0.273. The average Bonchev–Trinajstić information content (AvgIpc) is 2.29. The second-order valence-electron chi connectivity index (χ2n) is 3.19. The molecule has 1 aromatic rings. The molecule has 1 rings (SSSR count). The summed E-state index contributed by atoms with van der Waals surface area (Å²) in [5, 5.41) is 14.6. The molecular formula is C11H12FN3S. The van der Waals surface area contributed by atoms with E-state index in [1.165, 1.54) is 18.2 Å². The fourth-order valence-electron chi connectivity index (χ4n) is 1.09. The zero-order valence-corrected chi connectivity index (χ0v) is 9.70. The van der Waals surface area contributed by atoms with Crippen LogP contribution in [0.4, 0.5) is 10.1 Å². The van der Waals surface area contributed by atoms with Gasteiger partial charge in [-0.1, -0.05) is 6.92 Å². The lowest BCUT2D eigenvalue weighted by atomic mass is 10.2. The van der Waals surface area contributed by atoms with Gasteiger partial charge in [-0.05, 0) is 36.8 Å². The van der Waals surface area contributed by atoms with Gasteiger partial charge in [-0.2, -0.15) is 5.26 Å². The summed E-state index contributed by atoms with van der Waals surface area (Å²) in [7, 11) is 0. The maximum absolute atomic E-state index is 13.4. The van der Waals surface area contributed by atoms with Crippen molar-refractivity contribution in [1.29, 1.82) is 5.26 Å². The van der Waals surface area contributed by atoms with E-state index in [2.05, 4.69) is 10.6 Å². The van der Waals surface area contributed by atoms with Crippen LogP contribution in [0.5, 0.6) is 0 Å². The summed E-state index contributed by atoms with van der Waals surface area (Å²) in [4.78, 5) is 0. The fourth-order valence-corrected chi connectivity index (χ4v) is 1.30. The minimum Gasteiger partial charge on any atom is -0.362 e. The molecule has 0 aliphatic rings. The summed E-state index contributed by atoms with van der Waals surface area (Å²) in [6, 6.07) is 6.07. The second-order valence-corrected chi connectivity index (χ2v) is 3.60. The van der Waals surface area contributed by atoms with Crippen LogP contribution in [0.2, 0.25) is 0 Å². The summed E-state index contributed by atoms with van der Waals surface area (Å²) in [5.41, 5.74) is 0.558. The van der Waals surface area contributed by atoms with Gasteiger partial charge >= 0.3 is 0 Å². The van der Waals surface area contributed by atoms with Gasteiger partial charge in [0.25, 0.3) is 0 Å². The Bertz CT molecular complexity index is 426. The first-order chi connectivity index (χ1) is 7.67. The first-order valence-electron chi connectivity index (χ1n) is 4.92. The number of rotatable bonds is 3. The first-order valence-corrected chi connectivity index (χ1v) is 5.32. The zero-order chi connectivity index (χ0) is 12.0. The Morgan fingerprint density at radius 2 is 2.31 bits per heavy atom. The molecule has 16 heavy (non-hydrogen) atoms. The van der Waals surface area contributed by atoms with Gasteiger partial charge in [-0.3, -0.25) is 0 Å². The highest BCUT2D eigenvalue weighted by atomic mass is 32.1. The third-order valence-electron chi connectivity index (χ3n) is 1.88. The van der Waals surface area contributed by atoms with Gasteiger partial charge in [0.1, 0.15) is 5.82 Å². The maximum atomic E-state index is 13.4. The first kappa shape index (κ1) is 12.4. The summed E-state index contributed by atoms with van der Waals surface area (Å²) in [6.07, 6.45) is 0.942. The Labute approximate surface area is 99.3 Å². The van der Waals surface area contributed by atoms with Crippen molar-refractivity contribution in [2.45, 2.75) is 13.3 Å². The lowest BCUT2D eigenvalue weighted by molar-refractivity contribution is 0.631. The summed E-state index contributed by atoms with van der Waals surface area (Å²) in [6.45, 7) is 2.75. The van der Waals surface area contributed by atoms with Gasteiger partial charge in [0, 0.05) is 6.54 Å². The van der Waals surface area contributed by atoms with Crippen LogP contribution in [-0.2, 0) is 0 Å². The molecule has 0 aliphatic heterocycles. The maximum Gasteiger partial charge on any atom is 0.170 e. The summed E-state index contributed by atoms with van der Waals surface area (Å²) >= 11 is 4.97. The van der Waals surface area contributed by atoms with Crippen molar-refractivity contribution >= 4 is 23.0 Å². The molecule has 0 saturated carbocycles. The molecule has 0 spiro atoms. The number of nitrogens with zero attached hydrogens (tertiary/aromatic N) is 1. The highest BCUT2D eigenvalue weighted by Gasteiger charge is 2.04. The second kappa shape index (κ2) is 6.03. The number of nitrogens with one attached hydrogen (secondary N) is 2. The number of anilines is 1. The van der Waals surface area contributed by atoms with Crippen molar-refractivity contribution in [3.8, 4) is 6.07 Å². The molecule has 0 heterocycles. The predicted octanol–water partition coefficient (Wildman–Crippen LogP) is 2.39. The number of hydrogen-bond acceptors (Lipinski definition) is 2. The Kier molecular flexibility index (Phi) is 4.67. The molecule has 0 atom stereocenters. The lowest BCUT2D eigenvalue weighted by Gasteiger charge is -2.10. The van der Waals surface area contributed by atoms with Crippen LogP contribution in [0.15, 0.2) is 18.2 Å². The van der Waals surface area contributed by atoms with Crippen LogP contribution >= 0.6 is 12.2 Å². The van der Waals surface area contributed by atoms with Gasteiger partial charge < -0.3 is 10.6 Å². The molecule has 0 saturated heterocycles. The predicted molar refractivity (Wildman–Crippen MR) is 65.6 cm³/mol. The zero-order valence-electron chi connectivity index (χ0n) is 8.88. The van der Waals surface area contributed by atoms with Gasteiger partial charge in [0.2, 0.25) is 0 Å². The van der Waals surface area contributed by atoms with E-state index in [0.717, 1.165) is 13.0 Å². The molecule has 0 unspecified atom stereocenters. The molecule has 0 fully saturated rings. The largest absolute Gasteiger partial charge is 0.362 e. The van der Waals surface area contributed by atoms with E-state index >= 15 is 0 Å². The molecule has 0 radical (unpaired) electrons. The van der Waals surface area contributed by atoms with E-state index in [1.807, 2.05) is 13.0 Å². The van der Waals surface area contributed by atoms with Crippen LogP contribution in [0.3, 0.4) is 0 Å². The topological polar surface area (TPSA) is 47.8 Å². The minimum atomic E-state index is -0.486. The van der Waals surface area contributed by atoms with Crippen molar-refractivity contribution in [3.63, 3.8) is 0 Å². The summed E-state index contributed by atoms with van der Waals surface area (Å²) < 4.78 is 13.4. The smallest absolute Gasteiger partial charge is 0.170 e. The Morgan fingerprint density at radius 1 is 1.56 bits per heavy atom. The molecule has 84 valence electrons. The van der Waals surface area contributed by atoms with E-state index < -0.39 is 5.82 Å². The van der Waals surface area contributed by atoms with Crippen molar-refractivity contribution in [2.24, 2.45) is 0 Å². The number of thiocarbonyl (C=S) groups is 1. The monoisotopic (exact) mass is 237 g/mol. The molecule has 5 heteroatoms. The van der Waals surface area contributed by atoms with E-state index in [0.29, 0.717) is 5.11 Å². The lowest BCUT2D eigenvalue weighted by Crippen LogP contribution is -2.29. The highest BCUT2D eigenvalue weighted by Crippen LogP contribution is 2.14. The third kappa shape index (κ3) is 3.48. The molecule has 0 amide bonds. The molecule has 1 aromatic carbocycles. The molecule has 0 aromatic heterocycles. The van der Waals surface area contributed by atoms with Gasteiger partial charge in [0.15, 0.2) is 5.11 Å². The van der Waals surface area contributed by atoms with Crippen LogP contribution in [0, 0.1) is 17.1 Å². The van der Waals surface area contributed by atoms with Crippen LogP contribution in [-0.4, -0.2) is 11.7 Å². The van der Waals surface area contributed by atoms with Crippen LogP contribution < -0.4 is 10.6 Å². The van der Waals surface area contributed by atoms with E-state index in [-0.39, 0.29) is 11.3 Å². The number of hydrogen-bond donors (Lipinski definition) is 2. The third-order valence-corrected chi connectivity index (χ3v) is 2.13. The number of halogens is 1. The van der Waals surface area contributed by atoms with E-state index in [1.54, 1.807) is 0 Å².